The van der Waals surface area contributed by atoms with Crippen LogP contribution in [0.15, 0.2) is 0 Å². The standard InChI is InChI=1S/C9H21N3O2/c1-6(13)5-12(4)8(3)7(2)9(14)11-10/h6-8,13H,5,10H2,1-4H3,(H,11,14). The van der Waals surface area contributed by atoms with E-state index in [0.717, 1.165) is 0 Å². The molecule has 0 spiro atoms. The van der Waals surface area contributed by atoms with Crippen LogP contribution in [-0.2, 0) is 4.79 Å². The zero-order valence-corrected chi connectivity index (χ0v) is 9.32. The third-order valence-corrected chi connectivity index (χ3v) is 2.53. The molecule has 5 heteroatoms. The molecule has 0 radical (unpaired) electrons. The van der Waals surface area contributed by atoms with E-state index in [1.165, 1.54) is 0 Å². The number of hydrogen-bond acceptors (Lipinski definition) is 4. The maximum absolute atomic E-state index is 11.2. The zero-order chi connectivity index (χ0) is 11.3. The van der Waals surface area contributed by atoms with Crippen LogP contribution in [0.3, 0.4) is 0 Å². The number of aliphatic hydroxyl groups is 1. The van der Waals surface area contributed by atoms with Gasteiger partial charge in [0.1, 0.15) is 0 Å². The molecule has 0 fully saturated rings. The summed E-state index contributed by atoms with van der Waals surface area (Å²) in [7, 11) is 1.87. The van der Waals surface area contributed by atoms with Crippen molar-refractivity contribution < 1.29 is 9.90 Å². The Morgan fingerprint density at radius 2 is 2.00 bits per heavy atom. The van der Waals surface area contributed by atoms with Crippen LogP contribution in [-0.4, -0.2) is 41.7 Å². The summed E-state index contributed by atoms with van der Waals surface area (Å²) >= 11 is 0. The second-order valence-corrected chi connectivity index (χ2v) is 3.83. The fourth-order valence-electron chi connectivity index (χ4n) is 1.32. The molecular formula is C9H21N3O2. The fraction of sp³-hybridized carbons (Fsp3) is 0.889. The van der Waals surface area contributed by atoms with Crippen LogP contribution in [0.5, 0.6) is 0 Å². The molecule has 0 aromatic carbocycles. The third kappa shape index (κ3) is 4.04. The van der Waals surface area contributed by atoms with Gasteiger partial charge in [0.25, 0.3) is 0 Å². The largest absolute Gasteiger partial charge is 0.392 e. The minimum atomic E-state index is -0.393. The molecule has 0 aromatic rings. The highest BCUT2D eigenvalue weighted by Crippen LogP contribution is 2.09. The number of amides is 1. The van der Waals surface area contributed by atoms with Crippen LogP contribution in [0.4, 0.5) is 0 Å². The molecule has 0 aliphatic heterocycles. The Kier molecular flexibility index (Phi) is 5.68. The summed E-state index contributed by atoms with van der Waals surface area (Å²) in [6, 6.07) is 0.0492. The van der Waals surface area contributed by atoms with Crippen LogP contribution in [0.2, 0.25) is 0 Å². The number of nitrogens with two attached hydrogens (primary N) is 1. The highest BCUT2D eigenvalue weighted by atomic mass is 16.3. The quantitative estimate of drug-likeness (QED) is 0.314. The zero-order valence-electron chi connectivity index (χ0n) is 9.32. The average molecular weight is 203 g/mol. The topological polar surface area (TPSA) is 78.6 Å². The summed E-state index contributed by atoms with van der Waals surface area (Å²) in [5, 5.41) is 9.18. The number of rotatable bonds is 5. The van der Waals surface area contributed by atoms with E-state index in [1.54, 1.807) is 6.92 Å². The first-order valence-corrected chi connectivity index (χ1v) is 4.78. The van der Waals surface area contributed by atoms with Crippen molar-refractivity contribution in [3.8, 4) is 0 Å². The predicted molar refractivity (Wildman–Crippen MR) is 55.3 cm³/mol. The maximum Gasteiger partial charge on any atom is 0.238 e. The van der Waals surface area contributed by atoms with Gasteiger partial charge in [0.05, 0.1) is 12.0 Å². The van der Waals surface area contributed by atoms with Crippen molar-refractivity contribution in [1.29, 1.82) is 0 Å². The molecule has 0 aliphatic carbocycles. The van der Waals surface area contributed by atoms with Crippen LogP contribution in [0.25, 0.3) is 0 Å². The predicted octanol–water partition coefficient (Wildman–Crippen LogP) is -0.686. The molecule has 0 heterocycles. The number of likely N-dealkylation sites (N-methyl/N-ethyl adjacent to an activating group) is 1. The highest BCUT2D eigenvalue weighted by molar-refractivity contribution is 5.78. The van der Waals surface area contributed by atoms with Gasteiger partial charge in [-0.25, -0.2) is 5.84 Å². The Morgan fingerprint density at radius 3 is 2.36 bits per heavy atom. The van der Waals surface area contributed by atoms with E-state index in [4.69, 9.17) is 5.84 Å². The summed E-state index contributed by atoms with van der Waals surface area (Å²) in [6.07, 6.45) is -0.393. The van der Waals surface area contributed by atoms with Crippen molar-refractivity contribution in [2.75, 3.05) is 13.6 Å². The molecule has 0 bridgehead atoms. The second-order valence-electron chi connectivity index (χ2n) is 3.83. The molecular weight excluding hydrogens is 182 g/mol. The van der Waals surface area contributed by atoms with Gasteiger partial charge in [-0.1, -0.05) is 6.92 Å². The van der Waals surface area contributed by atoms with Crippen molar-refractivity contribution in [2.24, 2.45) is 11.8 Å². The van der Waals surface area contributed by atoms with Gasteiger partial charge in [0.2, 0.25) is 5.91 Å². The first kappa shape index (κ1) is 13.4. The van der Waals surface area contributed by atoms with Gasteiger partial charge in [-0.2, -0.15) is 0 Å². The van der Waals surface area contributed by atoms with E-state index in [2.05, 4.69) is 5.43 Å². The summed E-state index contributed by atoms with van der Waals surface area (Å²) < 4.78 is 0. The number of nitrogens with zero attached hydrogens (tertiary/aromatic N) is 1. The number of nitrogens with one attached hydrogen (secondary N) is 1. The van der Waals surface area contributed by atoms with Gasteiger partial charge in [-0.15, -0.1) is 0 Å². The molecule has 0 saturated heterocycles. The van der Waals surface area contributed by atoms with E-state index >= 15 is 0 Å². The average Bonchev–Trinajstić information content (AvgIpc) is 2.13. The lowest BCUT2D eigenvalue weighted by Gasteiger charge is -2.29. The van der Waals surface area contributed by atoms with Gasteiger partial charge in [-0.3, -0.25) is 10.2 Å². The van der Waals surface area contributed by atoms with E-state index in [9.17, 15) is 9.90 Å². The minimum absolute atomic E-state index is 0.0492. The third-order valence-electron chi connectivity index (χ3n) is 2.53. The first-order chi connectivity index (χ1) is 6.40. The van der Waals surface area contributed by atoms with Crippen LogP contribution < -0.4 is 11.3 Å². The van der Waals surface area contributed by atoms with Gasteiger partial charge in [-0.05, 0) is 20.9 Å². The smallest absolute Gasteiger partial charge is 0.238 e. The molecule has 84 valence electrons. The van der Waals surface area contributed by atoms with Crippen molar-refractivity contribution >= 4 is 5.91 Å². The van der Waals surface area contributed by atoms with Crippen molar-refractivity contribution in [1.82, 2.24) is 10.3 Å². The van der Waals surface area contributed by atoms with Gasteiger partial charge in [0, 0.05) is 12.6 Å². The lowest BCUT2D eigenvalue weighted by molar-refractivity contribution is -0.126. The molecule has 0 aliphatic rings. The Bertz CT molecular complexity index is 185. The van der Waals surface area contributed by atoms with Crippen LogP contribution >= 0.6 is 0 Å². The van der Waals surface area contributed by atoms with E-state index in [-0.39, 0.29) is 17.9 Å². The fourth-order valence-corrected chi connectivity index (χ4v) is 1.32. The SMILES string of the molecule is CC(O)CN(C)C(C)C(C)C(=O)NN. The summed E-state index contributed by atoms with van der Waals surface area (Å²) in [6.45, 7) is 6.01. The number of aliphatic hydroxyl groups excluding tert-OH is 1. The molecule has 4 N–H and O–H groups in total. The van der Waals surface area contributed by atoms with Crippen molar-refractivity contribution in [3.63, 3.8) is 0 Å². The maximum atomic E-state index is 11.2. The lowest BCUT2D eigenvalue weighted by atomic mass is 10.0. The Morgan fingerprint density at radius 1 is 1.50 bits per heavy atom. The van der Waals surface area contributed by atoms with Crippen LogP contribution in [0, 0.1) is 5.92 Å². The minimum Gasteiger partial charge on any atom is -0.392 e. The number of hydrazine groups is 1. The van der Waals surface area contributed by atoms with Gasteiger partial charge < -0.3 is 10.0 Å². The van der Waals surface area contributed by atoms with E-state index < -0.39 is 6.10 Å². The second kappa shape index (κ2) is 5.95. The molecule has 0 rings (SSSR count). The molecule has 14 heavy (non-hydrogen) atoms. The van der Waals surface area contributed by atoms with E-state index in [1.807, 2.05) is 25.8 Å². The number of carbonyl (C=O) groups is 1. The molecule has 3 unspecified atom stereocenters. The van der Waals surface area contributed by atoms with Gasteiger partial charge in [0.15, 0.2) is 0 Å². The number of carbonyl (C=O) groups excluding carboxylic acids is 1. The Balaban J connectivity index is 4.16. The van der Waals surface area contributed by atoms with E-state index in [0.29, 0.717) is 6.54 Å². The molecule has 0 aromatic heterocycles. The number of hydrogen-bond donors (Lipinski definition) is 3. The monoisotopic (exact) mass is 203 g/mol. The summed E-state index contributed by atoms with van der Waals surface area (Å²) in [5.41, 5.74) is 2.13. The highest BCUT2D eigenvalue weighted by Gasteiger charge is 2.23. The lowest BCUT2D eigenvalue weighted by Crippen LogP contribution is -2.46. The molecule has 1 amide bonds. The Labute approximate surface area is 85.2 Å². The Hall–Kier alpha value is -0.650. The summed E-state index contributed by atoms with van der Waals surface area (Å²) in [5.74, 6) is 4.67. The van der Waals surface area contributed by atoms with Crippen molar-refractivity contribution in [2.45, 2.75) is 32.9 Å². The molecule has 0 saturated carbocycles. The molecule has 5 nitrogen and oxygen atoms in total. The van der Waals surface area contributed by atoms with Crippen molar-refractivity contribution in [3.05, 3.63) is 0 Å². The molecule has 3 atom stereocenters. The van der Waals surface area contributed by atoms with Crippen LogP contribution in [0.1, 0.15) is 20.8 Å². The normalized spacial score (nSPS) is 17.6. The van der Waals surface area contributed by atoms with Gasteiger partial charge >= 0.3 is 0 Å². The summed E-state index contributed by atoms with van der Waals surface area (Å²) in [4.78, 5) is 13.2. The first-order valence-electron chi connectivity index (χ1n) is 4.78.